The SMILES string of the molecule is Cc1cnc(CNC(=O)NCC2CCCC2C(=O)O)o1. The summed E-state index contributed by atoms with van der Waals surface area (Å²) in [5.41, 5.74) is 0. The average Bonchev–Trinajstić information content (AvgIpc) is 3.02. The van der Waals surface area contributed by atoms with Crippen molar-refractivity contribution in [2.45, 2.75) is 32.7 Å². The van der Waals surface area contributed by atoms with E-state index in [-0.39, 0.29) is 24.4 Å². The number of carbonyl (C=O) groups is 2. The monoisotopic (exact) mass is 281 g/mol. The number of carboxylic acid groups (broad SMARTS) is 1. The molecule has 1 saturated carbocycles. The summed E-state index contributed by atoms with van der Waals surface area (Å²) in [5.74, 6) is 0.0382. The molecule has 0 bridgehead atoms. The molecule has 110 valence electrons. The maximum atomic E-state index is 11.6. The first kappa shape index (κ1) is 14.4. The van der Waals surface area contributed by atoms with Crippen LogP contribution in [0.3, 0.4) is 0 Å². The lowest BCUT2D eigenvalue weighted by atomic mass is 9.96. The highest BCUT2D eigenvalue weighted by Gasteiger charge is 2.32. The van der Waals surface area contributed by atoms with Crippen LogP contribution in [0.15, 0.2) is 10.6 Å². The van der Waals surface area contributed by atoms with Crippen molar-refractivity contribution < 1.29 is 19.1 Å². The lowest BCUT2D eigenvalue weighted by molar-refractivity contribution is -0.142. The highest BCUT2D eigenvalue weighted by atomic mass is 16.4. The van der Waals surface area contributed by atoms with Crippen LogP contribution in [-0.2, 0) is 11.3 Å². The topological polar surface area (TPSA) is 104 Å². The number of aliphatic carboxylic acids is 1. The first-order chi connectivity index (χ1) is 9.56. The fourth-order valence-corrected chi connectivity index (χ4v) is 2.53. The molecule has 7 heteroatoms. The summed E-state index contributed by atoms with van der Waals surface area (Å²) in [4.78, 5) is 26.6. The molecule has 7 nitrogen and oxygen atoms in total. The molecule has 3 N–H and O–H groups in total. The van der Waals surface area contributed by atoms with Gasteiger partial charge in [-0.05, 0) is 25.7 Å². The van der Waals surface area contributed by atoms with Gasteiger partial charge in [-0.25, -0.2) is 9.78 Å². The first-order valence-electron chi connectivity index (χ1n) is 6.72. The molecule has 0 spiro atoms. The van der Waals surface area contributed by atoms with Gasteiger partial charge in [0.2, 0.25) is 5.89 Å². The molecule has 2 rings (SSSR count). The van der Waals surface area contributed by atoms with Crippen molar-refractivity contribution in [2.75, 3.05) is 6.54 Å². The van der Waals surface area contributed by atoms with Gasteiger partial charge in [-0.2, -0.15) is 0 Å². The van der Waals surface area contributed by atoms with Gasteiger partial charge in [-0.15, -0.1) is 0 Å². The summed E-state index contributed by atoms with van der Waals surface area (Å²) in [6, 6.07) is -0.336. The number of aryl methyl sites for hydroxylation is 1. The van der Waals surface area contributed by atoms with Crippen molar-refractivity contribution in [3.63, 3.8) is 0 Å². The quantitative estimate of drug-likeness (QED) is 0.754. The zero-order chi connectivity index (χ0) is 14.5. The summed E-state index contributed by atoms with van der Waals surface area (Å²) in [7, 11) is 0. The molecule has 1 heterocycles. The molecule has 1 aromatic rings. The number of rotatable bonds is 5. The van der Waals surface area contributed by atoms with E-state index in [1.165, 1.54) is 0 Å². The third-order valence-corrected chi connectivity index (χ3v) is 3.57. The van der Waals surface area contributed by atoms with Crippen LogP contribution in [0.2, 0.25) is 0 Å². The van der Waals surface area contributed by atoms with E-state index in [0.29, 0.717) is 24.6 Å². The number of nitrogens with zero attached hydrogens (tertiary/aromatic N) is 1. The molecule has 1 fully saturated rings. The molecule has 0 aromatic carbocycles. The number of amides is 2. The first-order valence-corrected chi connectivity index (χ1v) is 6.72. The smallest absolute Gasteiger partial charge is 0.315 e. The normalized spacial score (nSPS) is 21.6. The van der Waals surface area contributed by atoms with Crippen molar-refractivity contribution in [1.82, 2.24) is 15.6 Å². The van der Waals surface area contributed by atoms with Crippen LogP contribution in [-0.4, -0.2) is 28.6 Å². The second-order valence-electron chi connectivity index (χ2n) is 5.06. The molecular formula is C13H19N3O4. The number of nitrogens with one attached hydrogen (secondary N) is 2. The number of carbonyl (C=O) groups excluding carboxylic acids is 1. The maximum absolute atomic E-state index is 11.6. The van der Waals surface area contributed by atoms with Gasteiger partial charge in [0.15, 0.2) is 0 Å². The molecule has 1 aliphatic carbocycles. The predicted molar refractivity (Wildman–Crippen MR) is 69.9 cm³/mol. The minimum Gasteiger partial charge on any atom is -0.481 e. The van der Waals surface area contributed by atoms with Crippen molar-refractivity contribution in [2.24, 2.45) is 11.8 Å². The van der Waals surface area contributed by atoms with Gasteiger partial charge < -0.3 is 20.2 Å². The fraction of sp³-hybridized carbons (Fsp3) is 0.615. The Hall–Kier alpha value is -2.05. The fourth-order valence-electron chi connectivity index (χ4n) is 2.53. The van der Waals surface area contributed by atoms with Crippen LogP contribution < -0.4 is 10.6 Å². The molecule has 2 amide bonds. The second-order valence-corrected chi connectivity index (χ2v) is 5.06. The minimum atomic E-state index is -0.773. The van der Waals surface area contributed by atoms with E-state index in [4.69, 9.17) is 9.52 Å². The standard InChI is InChI=1S/C13H19N3O4/c1-8-5-14-11(20-8)7-16-13(19)15-6-9-3-2-4-10(9)12(17)18/h5,9-10H,2-4,6-7H2,1H3,(H,17,18)(H2,15,16,19). The molecule has 1 aliphatic rings. The van der Waals surface area contributed by atoms with E-state index in [1.807, 2.05) is 0 Å². The molecule has 2 atom stereocenters. The van der Waals surface area contributed by atoms with Crippen molar-refractivity contribution in [3.8, 4) is 0 Å². The predicted octanol–water partition coefficient (Wildman–Crippen LogP) is 1.28. The zero-order valence-electron chi connectivity index (χ0n) is 11.4. The Morgan fingerprint density at radius 1 is 1.45 bits per heavy atom. The Kier molecular flexibility index (Phi) is 4.60. The lowest BCUT2D eigenvalue weighted by Gasteiger charge is -2.16. The lowest BCUT2D eigenvalue weighted by Crippen LogP contribution is -2.39. The number of oxazole rings is 1. The van der Waals surface area contributed by atoms with E-state index in [1.54, 1.807) is 13.1 Å². The minimum absolute atomic E-state index is 0.0160. The maximum Gasteiger partial charge on any atom is 0.315 e. The van der Waals surface area contributed by atoms with Gasteiger partial charge >= 0.3 is 12.0 Å². The molecule has 0 radical (unpaired) electrons. The number of urea groups is 1. The Morgan fingerprint density at radius 2 is 2.25 bits per heavy atom. The second kappa shape index (κ2) is 6.40. The zero-order valence-corrected chi connectivity index (χ0v) is 11.4. The number of aromatic nitrogens is 1. The van der Waals surface area contributed by atoms with Crippen molar-refractivity contribution in [1.29, 1.82) is 0 Å². The molecular weight excluding hydrogens is 262 g/mol. The van der Waals surface area contributed by atoms with E-state index in [9.17, 15) is 9.59 Å². The van der Waals surface area contributed by atoms with Gasteiger partial charge in [0.25, 0.3) is 0 Å². The molecule has 1 aromatic heterocycles. The highest BCUT2D eigenvalue weighted by Crippen LogP contribution is 2.31. The van der Waals surface area contributed by atoms with E-state index >= 15 is 0 Å². The Labute approximate surface area is 116 Å². The third-order valence-electron chi connectivity index (χ3n) is 3.57. The van der Waals surface area contributed by atoms with Crippen LogP contribution in [0.25, 0.3) is 0 Å². The molecule has 0 aliphatic heterocycles. The molecule has 20 heavy (non-hydrogen) atoms. The van der Waals surface area contributed by atoms with Gasteiger partial charge in [0.1, 0.15) is 5.76 Å². The van der Waals surface area contributed by atoms with Crippen LogP contribution in [0.1, 0.15) is 30.9 Å². The Bertz CT molecular complexity index is 486. The summed E-state index contributed by atoms with van der Waals surface area (Å²) in [5, 5.41) is 14.4. The summed E-state index contributed by atoms with van der Waals surface area (Å²) in [6.07, 6.45) is 4.03. The average molecular weight is 281 g/mol. The molecule has 0 saturated heterocycles. The van der Waals surface area contributed by atoms with Crippen molar-refractivity contribution in [3.05, 3.63) is 17.8 Å². The largest absolute Gasteiger partial charge is 0.481 e. The van der Waals surface area contributed by atoms with Gasteiger partial charge in [0, 0.05) is 6.54 Å². The van der Waals surface area contributed by atoms with E-state index in [0.717, 1.165) is 12.8 Å². The van der Waals surface area contributed by atoms with Gasteiger partial charge in [-0.3, -0.25) is 4.79 Å². The van der Waals surface area contributed by atoms with E-state index < -0.39 is 5.97 Å². The van der Waals surface area contributed by atoms with E-state index in [2.05, 4.69) is 15.6 Å². The van der Waals surface area contributed by atoms with Crippen LogP contribution >= 0.6 is 0 Å². The third kappa shape index (κ3) is 3.72. The number of hydrogen-bond acceptors (Lipinski definition) is 4. The summed E-state index contributed by atoms with van der Waals surface area (Å²) in [6.45, 7) is 2.38. The van der Waals surface area contributed by atoms with Crippen molar-refractivity contribution >= 4 is 12.0 Å². The van der Waals surface area contributed by atoms with Crippen LogP contribution in [0.4, 0.5) is 4.79 Å². The summed E-state index contributed by atoms with van der Waals surface area (Å²) >= 11 is 0. The van der Waals surface area contributed by atoms with Gasteiger partial charge in [-0.1, -0.05) is 6.42 Å². The highest BCUT2D eigenvalue weighted by molar-refractivity contribution is 5.74. The Morgan fingerprint density at radius 3 is 2.90 bits per heavy atom. The molecule has 2 unspecified atom stereocenters. The Balaban J connectivity index is 1.71. The number of carboxylic acids is 1. The van der Waals surface area contributed by atoms with Crippen LogP contribution in [0.5, 0.6) is 0 Å². The van der Waals surface area contributed by atoms with Gasteiger partial charge in [0.05, 0.1) is 18.7 Å². The summed E-state index contributed by atoms with van der Waals surface area (Å²) < 4.78 is 5.23. The van der Waals surface area contributed by atoms with Crippen LogP contribution in [0, 0.1) is 18.8 Å². The number of hydrogen-bond donors (Lipinski definition) is 3.